The molecule has 0 unspecified atom stereocenters. The number of aromatic nitrogens is 2. The fourth-order valence-corrected chi connectivity index (χ4v) is 1.92. The SMILES string of the molecule is CSC(=Nc1cn[nH]c1C(N)=O)NC(=O)c1ccccc1. The molecule has 0 bridgehead atoms. The van der Waals surface area contributed by atoms with E-state index in [2.05, 4.69) is 20.5 Å². The lowest BCUT2D eigenvalue weighted by molar-refractivity contribution is 0.0975. The summed E-state index contributed by atoms with van der Waals surface area (Å²) in [4.78, 5) is 27.4. The second-order valence-electron chi connectivity index (χ2n) is 3.94. The standard InChI is InChI=1S/C13H13N5O2S/c1-21-13(16-9-7-15-18-10(9)11(14)19)17-12(20)8-5-3-2-4-6-8/h2-7H,1H3,(H2,14,19)(H,15,18)(H,16,17,20). The zero-order chi connectivity index (χ0) is 15.2. The third kappa shape index (κ3) is 3.69. The van der Waals surface area contributed by atoms with Crippen LogP contribution in [-0.4, -0.2) is 33.4 Å². The summed E-state index contributed by atoms with van der Waals surface area (Å²) in [7, 11) is 0. The number of benzene rings is 1. The molecule has 108 valence electrons. The van der Waals surface area contributed by atoms with Crippen LogP contribution in [0.4, 0.5) is 5.69 Å². The molecule has 0 radical (unpaired) electrons. The van der Waals surface area contributed by atoms with Gasteiger partial charge in [-0.25, -0.2) is 4.99 Å². The molecule has 0 aliphatic carbocycles. The van der Waals surface area contributed by atoms with Gasteiger partial charge in [0.25, 0.3) is 11.8 Å². The molecule has 8 heteroatoms. The van der Waals surface area contributed by atoms with Gasteiger partial charge in [-0.1, -0.05) is 30.0 Å². The maximum atomic E-state index is 12.0. The Bertz CT molecular complexity index is 681. The van der Waals surface area contributed by atoms with Crippen LogP contribution in [0.2, 0.25) is 0 Å². The van der Waals surface area contributed by atoms with E-state index in [9.17, 15) is 9.59 Å². The number of amidine groups is 1. The van der Waals surface area contributed by atoms with Crippen molar-refractivity contribution in [2.24, 2.45) is 10.7 Å². The summed E-state index contributed by atoms with van der Waals surface area (Å²) in [6.07, 6.45) is 3.12. The third-order valence-corrected chi connectivity index (χ3v) is 3.12. The number of hydrogen-bond acceptors (Lipinski definition) is 5. The molecule has 0 saturated heterocycles. The number of primary amides is 1. The van der Waals surface area contributed by atoms with E-state index in [1.165, 1.54) is 18.0 Å². The number of carbonyl (C=O) groups excluding carboxylic acids is 2. The van der Waals surface area contributed by atoms with Crippen molar-refractivity contribution in [3.8, 4) is 0 Å². The fraction of sp³-hybridized carbons (Fsp3) is 0.0769. The number of thioether (sulfide) groups is 1. The van der Waals surface area contributed by atoms with Crippen LogP contribution in [0.5, 0.6) is 0 Å². The van der Waals surface area contributed by atoms with Crippen molar-refractivity contribution in [2.75, 3.05) is 6.26 Å². The summed E-state index contributed by atoms with van der Waals surface area (Å²) in [6.45, 7) is 0. The van der Waals surface area contributed by atoms with Crippen molar-refractivity contribution < 1.29 is 9.59 Å². The van der Waals surface area contributed by atoms with Crippen molar-refractivity contribution in [1.82, 2.24) is 15.5 Å². The molecule has 0 saturated carbocycles. The number of aromatic amines is 1. The molecule has 1 aromatic carbocycles. The first-order valence-corrected chi connectivity index (χ1v) is 7.16. The van der Waals surface area contributed by atoms with E-state index in [-0.39, 0.29) is 17.3 Å². The topological polar surface area (TPSA) is 113 Å². The van der Waals surface area contributed by atoms with Gasteiger partial charge in [-0.15, -0.1) is 0 Å². The molecular weight excluding hydrogens is 290 g/mol. The van der Waals surface area contributed by atoms with Crippen molar-refractivity contribution in [3.05, 3.63) is 47.8 Å². The maximum Gasteiger partial charge on any atom is 0.268 e. The minimum Gasteiger partial charge on any atom is -0.364 e. The Morgan fingerprint density at radius 2 is 2.05 bits per heavy atom. The normalized spacial score (nSPS) is 11.2. The van der Waals surface area contributed by atoms with Gasteiger partial charge in [-0.3, -0.25) is 14.7 Å². The van der Waals surface area contributed by atoms with Crippen molar-refractivity contribution >= 4 is 34.4 Å². The quantitative estimate of drug-likeness (QED) is 0.585. The van der Waals surface area contributed by atoms with E-state index in [1.54, 1.807) is 30.5 Å². The molecule has 7 nitrogen and oxygen atoms in total. The van der Waals surface area contributed by atoms with E-state index in [0.717, 1.165) is 0 Å². The van der Waals surface area contributed by atoms with E-state index >= 15 is 0 Å². The average molecular weight is 303 g/mol. The summed E-state index contributed by atoms with van der Waals surface area (Å²) in [6, 6.07) is 8.75. The van der Waals surface area contributed by atoms with Crippen LogP contribution < -0.4 is 11.1 Å². The smallest absolute Gasteiger partial charge is 0.268 e. The molecule has 0 aliphatic heterocycles. The largest absolute Gasteiger partial charge is 0.364 e. The van der Waals surface area contributed by atoms with Gasteiger partial charge in [-0.2, -0.15) is 5.10 Å². The van der Waals surface area contributed by atoms with Crippen LogP contribution in [0.3, 0.4) is 0 Å². The zero-order valence-electron chi connectivity index (χ0n) is 11.2. The summed E-state index contributed by atoms with van der Waals surface area (Å²) in [5, 5.41) is 9.19. The molecule has 2 aromatic rings. The van der Waals surface area contributed by atoms with Gasteiger partial charge in [0.1, 0.15) is 11.4 Å². The number of nitrogens with two attached hydrogens (primary N) is 1. The minimum atomic E-state index is -0.666. The van der Waals surface area contributed by atoms with Gasteiger partial charge < -0.3 is 11.1 Å². The summed E-state index contributed by atoms with van der Waals surface area (Å²) >= 11 is 1.24. The Morgan fingerprint density at radius 1 is 1.33 bits per heavy atom. The Morgan fingerprint density at radius 3 is 2.67 bits per heavy atom. The van der Waals surface area contributed by atoms with E-state index in [4.69, 9.17) is 5.73 Å². The van der Waals surface area contributed by atoms with Crippen molar-refractivity contribution in [1.29, 1.82) is 0 Å². The third-order valence-electron chi connectivity index (χ3n) is 2.54. The molecule has 21 heavy (non-hydrogen) atoms. The molecule has 0 spiro atoms. The molecule has 2 amide bonds. The van der Waals surface area contributed by atoms with Gasteiger partial charge in [0.05, 0.1) is 6.20 Å². The minimum absolute atomic E-state index is 0.0931. The predicted molar refractivity (Wildman–Crippen MR) is 81.6 cm³/mol. The zero-order valence-corrected chi connectivity index (χ0v) is 12.0. The molecule has 0 aliphatic rings. The number of nitrogens with one attached hydrogen (secondary N) is 2. The van der Waals surface area contributed by atoms with E-state index < -0.39 is 5.91 Å². The number of aliphatic imine (C=N–C) groups is 1. The highest BCUT2D eigenvalue weighted by atomic mass is 32.2. The van der Waals surface area contributed by atoms with Crippen LogP contribution in [0.15, 0.2) is 41.5 Å². The molecule has 0 fully saturated rings. The first-order chi connectivity index (χ1) is 10.1. The highest BCUT2D eigenvalue weighted by Gasteiger charge is 2.12. The van der Waals surface area contributed by atoms with Crippen LogP contribution in [0.1, 0.15) is 20.8 Å². The van der Waals surface area contributed by atoms with Crippen molar-refractivity contribution in [3.63, 3.8) is 0 Å². The van der Waals surface area contributed by atoms with E-state index in [1.807, 2.05) is 6.07 Å². The van der Waals surface area contributed by atoms with Crippen LogP contribution in [0, 0.1) is 0 Å². The lowest BCUT2D eigenvalue weighted by atomic mass is 10.2. The summed E-state index contributed by atoms with van der Waals surface area (Å²) in [5.74, 6) is -0.950. The van der Waals surface area contributed by atoms with Crippen molar-refractivity contribution in [2.45, 2.75) is 0 Å². The van der Waals surface area contributed by atoms with Crippen LogP contribution in [-0.2, 0) is 0 Å². The fourth-order valence-electron chi connectivity index (χ4n) is 1.54. The monoisotopic (exact) mass is 303 g/mol. The first-order valence-electron chi connectivity index (χ1n) is 5.94. The number of H-pyrrole nitrogens is 1. The molecule has 1 aromatic heterocycles. The Hall–Kier alpha value is -2.61. The number of amides is 2. The maximum absolute atomic E-state index is 12.0. The lowest BCUT2D eigenvalue weighted by Crippen LogP contribution is -2.28. The average Bonchev–Trinajstić information content (AvgIpc) is 2.95. The van der Waals surface area contributed by atoms with E-state index in [0.29, 0.717) is 10.7 Å². The molecule has 4 N–H and O–H groups in total. The predicted octanol–water partition coefficient (Wildman–Crippen LogP) is 1.29. The Balaban J connectivity index is 2.20. The molecule has 1 heterocycles. The Labute approximate surface area is 125 Å². The lowest BCUT2D eigenvalue weighted by Gasteiger charge is -2.06. The second-order valence-corrected chi connectivity index (χ2v) is 4.73. The second kappa shape index (κ2) is 6.71. The molecular formula is C13H13N5O2S. The van der Waals surface area contributed by atoms with Crippen LogP contribution >= 0.6 is 11.8 Å². The number of nitrogens with zero attached hydrogens (tertiary/aromatic N) is 2. The number of rotatable bonds is 3. The number of hydrogen-bond donors (Lipinski definition) is 3. The van der Waals surface area contributed by atoms with Crippen LogP contribution in [0.25, 0.3) is 0 Å². The van der Waals surface area contributed by atoms with Gasteiger partial charge in [0.15, 0.2) is 5.17 Å². The van der Waals surface area contributed by atoms with Gasteiger partial charge >= 0.3 is 0 Å². The Kier molecular flexibility index (Phi) is 4.72. The van der Waals surface area contributed by atoms with Gasteiger partial charge in [0, 0.05) is 5.56 Å². The highest BCUT2D eigenvalue weighted by molar-refractivity contribution is 8.13. The van der Waals surface area contributed by atoms with Gasteiger partial charge in [0.2, 0.25) is 0 Å². The molecule has 2 rings (SSSR count). The highest BCUT2D eigenvalue weighted by Crippen LogP contribution is 2.17. The summed E-state index contributed by atoms with van der Waals surface area (Å²) in [5.41, 5.74) is 6.08. The van der Waals surface area contributed by atoms with Gasteiger partial charge in [-0.05, 0) is 18.4 Å². The molecule has 0 atom stereocenters. The number of carbonyl (C=O) groups is 2. The summed E-state index contributed by atoms with van der Waals surface area (Å²) < 4.78 is 0. The first kappa shape index (κ1) is 14.8.